The summed E-state index contributed by atoms with van der Waals surface area (Å²) < 4.78 is 21.3. The molecular formula is C21H28O6. The lowest BCUT2D eigenvalue weighted by atomic mass is 10.1. The van der Waals surface area contributed by atoms with E-state index in [2.05, 4.69) is 0 Å². The molecule has 0 saturated carbocycles. The summed E-state index contributed by atoms with van der Waals surface area (Å²) in [5.41, 5.74) is 1.31. The molecule has 0 unspecified atom stereocenters. The van der Waals surface area contributed by atoms with Gasteiger partial charge in [0.25, 0.3) is 0 Å². The molecule has 148 valence electrons. The summed E-state index contributed by atoms with van der Waals surface area (Å²) in [6.45, 7) is 7.33. The van der Waals surface area contributed by atoms with Gasteiger partial charge in [-0.3, -0.25) is 4.79 Å². The third-order valence-electron chi connectivity index (χ3n) is 4.08. The summed E-state index contributed by atoms with van der Waals surface area (Å²) >= 11 is 0. The molecule has 0 fully saturated rings. The van der Waals surface area contributed by atoms with E-state index in [9.17, 15) is 9.59 Å². The van der Waals surface area contributed by atoms with E-state index in [1.54, 1.807) is 51.1 Å². The largest absolute Gasteiger partial charge is 0.493 e. The fourth-order valence-electron chi connectivity index (χ4n) is 2.00. The zero-order chi connectivity index (χ0) is 20.4. The zero-order valence-corrected chi connectivity index (χ0v) is 16.8. The molecule has 0 amide bonds. The minimum atomic E-state index is -0.357. The predicted octanol–water partition coefficient (Wildman–Crippen LogP) is 4.18. The second kappa shape index (κ2) is 11.1. The molecule has 0 spiro atoms. The number of hydrogen-bond donors (Lipinski definition) is 0. The topological polar surface area (TPSA) is 71.1 Å². The van der Waals surface area contributed by atoms with Crippen LogP contribution < -0.4 is 14.2 Å². The molecule has 1 rings (SSSR count). The van der Waals surface area contributed by atoms with Crippen LogP contribution in [0, 0.1) is 5.92 Å². The number of carbonyl (C=O) groups is 2. The lowest BCUT2D eigenvalue weighted by molar-refractivity contribution is -0.139. The third-order valence-corrected chi connectivity index (χ3v) is 4.08. The highest BCUT2D eigenvalue weighted by molar-refractivity contribution is 5.87. The van der Waals surface area contributed by atoms with E-state index in [1.807, 2.05) is 6.92 Å². The van der Waals surface area contributed by atoms with E-state index in [1.165, 1.54) is 14.2 Å². The van der Waals surface area contributed by atoms with Crippen LogP contribution in [0.25, 0.3) is 6.08 Å². The van der Waals surface area contributed by atoms with Gasteiger partial charge in [0.15, 0.2) is 11.5 Å². The summed E-state index contributed by atoms with van der Waals surface area (Å²) in [5.74, 6) is 0.0833. The fraction of sp³-hybridized carbons (Fsp3) is 0.429. The van der Waals surface area contributed by atoms with Crippen LogP contribution in [0.15, 0.2) is 29.9 Å². The average Bonchev–Trinajstić information content (AvgIpc) is 2.69. The van der Waals surface area contributed by atoms with Crippen molar-refractivity contribution in [1.82, 2.24) is 0 Å². The Bertz CT molecular complexity index is 692. The van der Waals surface area contributed by atoms with Crippen LogP contribution in [0.2, 0.25) is 0 Å². The molecule has 0 bridgehead atoms. The van der Waals surface area contributed by atoms with Gasteiger partial charge in [-0.2, -0.15) is 0 Å². The first-order valence-electron chi connectivity index (χ1n) is 8.82. The van der Waals surface area contributed by atoms with Crippen molar-refractivity contribution in [2.45, 2.75) is 34.1 Å². The number of carbonyl (C=O) groups excluding carboxylic acids is 2. The Kier molecular flexibility index (Phi) is 9.13. The highest BCUT2D eigenvalue weighted by Crippen LogP contribution is 2.39. The minimum Gasteiger partial charge on any atom is -0.493 e. The lowest BCUT2D eigenvalue weighted by Crippen LogP contribution is -2.17. The third kappa shape index (κ3) is 6.47. The van der Waals surface area contributed by atoms with Gasteiger partial charge in [-0.05, 0) is 44.0 Å². The molecule has 27 heavy (non-hydrogen) atoms. The Morgan fingerprint density at radius 3 is 2.22 bits per heavy atom. The SMILES string of the molecule is C/C=C(/C)C(=O)OC/C=C/c1cc(OC)c(OC(=O)[C@@H](C)CC)c(OC)c1. The molecule has 0 aliphatic heterocycles. The maximum atomic E-state index is 12.1. The first-order chi connectivity index (χ1) is 12.9. The monoisotopic (exact) mass is 376 g/mol. The van der Waals surface area contributed by atoms with Gasteiger partial charge in [0.05, 0.1) is 20.1 Å². The van der Waals surface area contributed by atoms with Crippen molar-refractivity contribution in [2.75, 3.05) is 20.8 Å². The van der Waals surface area contributed by atoms with Gasteiger partial charge >= 0.3 is 11.9 Å². The Labute approximate surface area is 160 Å². The summed E-state index contributed by atoms with van der Waals surface area (Å²) in [7, 11) is 2.98. The molecule has 1 aromatic rings. The molecule has 1 atom stereocenters. The van der Waals surface area contributed by atoms with Gasteiger partial charge in [-0.15, -0.1) is 0 Å². The second-order valence-corrected chi connectivity index (χ2v) is 5.96. The lowest BCUT2D eigenvalue weighted by Gasteiger charge is -2.16. The Morgan fingerprint density at radius 1 is 1.15 bits per heavy atom. The molecule has 0 radical (unpaired) electrons. The van der Waals surface area contributed by atoms with Crippen LogP contribution in [-0.2, 0) is 14.3 Å². The number of esters is 2. The Morgan fingerprint density at radius 2 is 1.74 bits per heavy atom. The standard InChI is InChI=1S/C21H28O6/c1-7-14(3)20(22)26-11-9-10-16-12-17(24-5)19(18(13-16)25-6)27-21(23)15(4)8-2/h7,9-10,12-13,15H,8,11H2,1-6H3/b10-9+,14-7-/t15-/m0/s1. The first-order valence-corrected chi connectivity index (χ1v) is 8.82. The van der Waals surface area contributed by atoms with E-state index < -0.39 is 0 Å². The van der Waals surface area contributed by atoms with Crippen LogP contribution >= 0.6 is 0 Å². The van der Waals surface area contributed by atoms with Crippen molar-refractivity contribution < 1.29 is 28.5 Å². The van der Waals surface area contributed by atoms with E-state index in [0.29, 0.717) is 23.5 Å². The first kappa shape index (κ1) is 22.3. The Hall–Kier alpha value is -2.76. The predicted molar refractivity (Wildman–Crippen MR) is 104 cm³/mol. The van der Waals surface area contributed by atoms with E-state index in [0.717, 1.165) is 5.56 Å². The quantitative estimate of drug-likeness (QED) is 0.366. The molecule has 1 aromatic carbocycles. The average molecular weight is 376 g/mol. The van der Waals surface area contributed by atoms with Crippen molar-refractivity contribution in [3.8, 4) is 17.2 Å². The summed E-state index contributed by atoms with van der Waals surface area (Å²) in [5, 5.41) is 0. The van der Waals surface area contributed by atoms with Gasteiger partial charge in [-0.1, -0.05) is 26.0 Å². The molecular weight excluding hydrogens is 348 g/mol. The van der Waals surface area contributed by atoms with Crippen LogP contribution in [0.5, 0.6) is 17.2 Å². The smallest absolute Gasteiger partial charge is 0.333 e. The maximum absolute atomic E-state index is 12.1. The highest BCUT2D eigenvalue weighted by Gasteiger charge is 2.20. The van der Waals surface area contributed by atoms with Crippen LogP contribution in [0.3, 0.4) is 0 Å². The number of methoxy groups -OCH3 is 2. The fourth-order valence-corrected chi connectivity index (χ4v) is 2.00. The van der Waals surface area contributed by atoms with Crippen LogP contribution in [0.1, 0.15) is 39.7 Å². The molecule has 6 nitrogen and oxygen atoms in total. The molecule has 0 N–H and O–H groups in total. The Balaban J connectivity index is 2.96. The maximum Gasteiger partial charge on any atom is 0.333 e. The van der Waals surface area contributed by atoms with Gasteiger partial charge in [0.2, 0.25) is 5.75 Å². The number of ether oxygens (including phenoxy) is 4. The number of rotatable bonds is 9. The summed E-state index contributed by atoms with van der Waals surface area (Å²) in [4.78, 5) is 23.7. The van der Waals surface area contributed by atoms with Crippen molar-refractivity contribution >= 4 is 18.0 Å². The molecule has 6 heteroatoms. The van der Waals surface area contributed by atoms with Crippen LogP contribution in [0.4, 0.5) is 0 Å². The number of benzene rings is 1. The van der Waals surface area contributed by atoms with Crippen LogP contribution in [-0.4, -0.2) is 32.8 Å². The van der Waals surface area contributed by atoms with Crippen molar-refractivity contribution in [3.63, 3.8) is 0 Å². The van der Waals surface area contributed by atoms with Gasteiger partial charge in [0, 0.05) is 5.57 Å². The molecule has 0 aliphatic carbocycles. The summed E-state index contributed by atoms with van der Waals surface area (Å²) in [6, 6.07) is 3.44. The normalized spacial score (nSPS) is 12.6. The molecule has 0 aliphatic rings. The van der Waals surface area contributed by atoms with Gasteiger partial charge < -0.3 is 18.9 Å². The number of allylic oxidation sites excluding steroid dienone is 1. The zero-order valence-electron chi connectivity index (χ0n) is 16.8. The number of hydrogen-bond acceptors (Lipinski definition) is 6. The van der Waals surface area contributed by atoms with E-state index >= 15 is 0 Å². The minimum absolute atomic E-state index is 0.138. The molecule has 0 aromatic heterocycles. The van der Waals surface area contributed by atoms with E-state index in [-0.39, 0.29) is 30.2 Å². The van der Waals surface area contributed by atoms with Gasteiger partial charge in [-0.25, -0.2) is 4.79 Å². The molecule has 0 heterocycles. The van der Waals surface area contributed by atoms with Crippen molar-refractivity contribution in [2.24, 2.45) is 5.92 Å². The second-order valence-electron chi connectivity index (χ2n) is 5.96. The highest BCUT2D eigenvalue weighted by atomic mass is 16.6. The van der Waals surface area contributed by atoms with E-state index in [4.69, 9.17) is 18.9 Å². The molecule has 0 saturated heterocycles. The summed E-state index contributed by atoms with van der Waals surface area (Å²) in [6.07, 6.45) is 5.85. The van der Waals surface area contributed by atoms with Crippen molar-refractivity contribution in [3.05, 3.63) is 35.4 Å². The van der Waals surface area contributed by atoms with Gasteiger partial charge in [0.1, 0.15) is 6.61 Å². The van der Waals surface area contributed by atoms with Crippen molar-refractivity contribution in [1.29, 1.82) is 0 Å².